The van der Waals surface area contributed by atoms with Crippen molar-refractivity contribution in [3.8, 4) is 0 Å². The highest BCUT2D eigenvalue weighted by Gasteiger charge is 2.42. The average molecular weight is 388 g/mol. The summed E-state index contributed by atoms with van der Waals surface area (Å²) in [6.07, 6.45) is 1.81. The van der Waals surface area contributed by atoms with Gasteiger partial charge in [-0.3, -0.25) is 9.69 Å². The Morgan fingerprint density at radius 3 is 2.81 bits per heavy atom. The van der Waals surface area contributed by atoms with Gasteiger partial charge in [0, 0.05) is 37.3 Å². The van der Waals surface area contributed by atoms with Gasteiger partial charge in [0.1, 0.15) is 5.54 Å². The number of benzene rings is 1. The Kier molecular flexibility index (Phi) is 6.88. The molecule has 0 saturated carbocycles. The zero-order chi connectivity index (χ0) is 19.1. The maximum Gasteiger partial charge on any atom is 0.247 e. The first kappa shape index (κ1) is 19.9. The molecule has 2 heterocycles. The quantitative estimate of drug-likeness (QED) is 0.683. The Morgan fingerprint density at radius 1 is 1.30 bits per heavy atom. The summed E-state index contributed by atoms with van der Waals surface area (Å²) in [6, 6.07) is 12.2. The van der Waals surface area contributed by atoms with Crippen LogP contribution in [0.3, 0.4) is 0 Å². The van der Waals surface area contributed by atoms with Gasteiger partial charge < -0.3 is 15.4 Å². The number of nitrogens with one attached hydrogen (secondary N) is 2. The van der Waals surface area contributed by atoms with Crippen LogP contribution in [0, 0.1) is 6.92 Å². The molecule has 1 atom stereocenters. The molecule has 1 aliphatic heterocycles. The number of aryl methyl sites for hydroxylation is 1. The van der Waals surface area contributed by atoms with E-state index in [9.17, 15) is 4.79 Å². The summed E-state index contributed by atoms with van der Waals surface area (Å²) in [7, 11) is 1.65. The van der Waals surface area contributed by atoms with Crippen molar-refractivity contribution in [1.29, 1.82) is 0 Å². The number of piperidine rings is 1. The fraction of sp³-hybridized carbons (Fsp3) is 0.476. The minimum absolute atomic E-state index is 0.0519. The first-order chi connectivity index (χ1) is 13.1. The lowest BCUT2D eigenvalue weighted by Gasteiger charge is -2.42. The van der Waals surface area contributed by atoms with Gasteiger partial charge in [-0.2, -0.15) is 0 Å². The van der Waals surface area contributed by atoms with E-state index in [0.717, 1.165) is 31.6 Å². The van der Waals surface area contributed by atoms with Gasteiger partial charge in [-0.15, -0.1) is 11.3 Å². The van der Waals surface area contributed by atoms with Crippen molar-refractivity contribution >= 4 is 22.9 Å². The van der Waals surface area contributed by atoms with Crippen molar-refractivity contribution in [2.45, 2.75) is 31.8 Å². The van der Waals surface area contributed by atoms with Crippen LogP contribution in [0.15, 0.2) is 41.8 Å². The third-order valence-electron chi connectivity index (χ3n) is 5.09. The van der Waals surface area contributed by atoms with Crippen molar-refractivity contribution in [2.75, 3.05) is 38.7 Å². The summed E-state index contributed by atoms with van der Waals surface area (Å²) in [6.45, 7) is 5.80. The molecule has 2 aromatic rings. The minimum atomic E-state index is -0.626. The average Bonchev–Trinajstić information content (AvgIpc) is 3.07. The van der Waals surface area contributed by atoms with Gasteiger partial charge in [0.2, 0.25) is 5.91 Å². The Labute approximate surface area is 165 Å². The number of carbonyl (C=O) groups excluding carboxylic acids is 1. The third-order valence-corrected chi connectivity index (χ3v) is 6.10. The van der Waals surface area contributed by atoms with Crippen molar-refractivity contribution in [2.24, 2.45) is 0 Å². The second kappa shape index (κ2) is 9.35. The predicted octanol–water partition coefficient (Wildman–Crippen LogP) is 3.27. The lowest BCUT2D eigenvalue weighted by Crippen LogP contribution is -2.61. The zero-order valence-corrected chi connectivity index (χ0v) is 17.0. The van der Waals surface area contributed by atoms with Gasteiger partial charge in [-0.1, -0.05) is 18.2 Å². The molecule has 1 fully saturated rings. The molecule has 0 radical (unpaired) electrons. The lowest BCUT2D eigenvalue weighted by molar-refractivity contribution is -0.127. The van der Waals surface area contributed by atoms with E-state index < -0.39 is 5.54 Å². The molecule has 3 rings (SSSR count). The summed E-state index contributed by atoms with van der Waals surface area (Å²) in [4.78, 5) is 16.9. The van der Waals surface area contributed by atoms with Gasteiger partial charge in [0.15, 0.2) is 0 Å². The number of para-hydroxylation sites is 1. The molecule has 146 valence electrons. The fourth-order valence-corrected chi connectivity index (χ4v) is 4.57. The molecule has 1 aromatic heterocycles. The van der Waals surface area contributed by atoms with Crippen LogP contribution in [0.5, 0.6) is 0 Å². The number of ether oxygens (including phenoxy) is 1. The molecule has 5 nitrogen and oxygen atoms in total. The number of hydrogen-bond donors (Lipinski definition) is 2. The first-order valence-corrected chi connectivity index (χ1v) is 10.4. The lowest BCUT2D eigenvalue weighted by atomic mass is 9.87. The van der Waals surface area contributed by atoms with Crippen molar-refractivity contribution < 1.29 is 9.53 Å². The van der Waals surface area contributed by atoms with Gasteiger partial charge in [-0.25, -0.2) is 0 Å². The summed E-state index contributed by atoms with van der Waals surface area (Å²) in [5, 5.41) is 8.75. The smallest absolute Gasteiger partial charge is 0.247 e. The number of carbonyl (C=O) groups is 1. The van der Waals surface area contributed by atoms with E-state index in [1.165, 1.54) is 10.4 Å². The zero-order valence-electron chi connectivity index (χ0n) is 16.2. The molecule has 2 N–H and O–H groups in total. The number of anilines is 1. The van der Waals surface area contributed by atoms with Gasteiger partial charge in [0.25, 0.3) is 0 Å². The molecule has 1 aliphatic rings. The predicted molar refractivity (Wildman–Crippen MR) is 111 cm³/mol. The standard InChI is InChI=1S/C21H29N3O2S/c1-17-9-14-27-19(17)15-24-12-6-10-21(16-24,20(25)22-11-13-26-2)23-18-7-4-3-5-8-18/h3-5,7-9,14,23H,6,10-13,15-16H2,1-2H3,(H,22,25). The summed E-state index contributed by atoms with van der Waals surface area (Å²) >= 11 is 1.79. The molecule has 1 unspecified atom stereocenters. The van der Waals surface area contributed by atoms with E-state index in [4.69, 9.17) is 4.74 Å². The number of nitrogens with zero attached hydrogens (tertiary/aromatic N) is 1. The number of thiophene rings is 1. The number of rotatable bonds is 8. The summed E-state index contributed by atoms with van der Waals surface area (Å²) < 4.78 is 5.09. The van der Waals surface area contributed by atoms with Gasteiger partial charge in [-0.05, 0) is 55.5 Å². The van der Waals surface area contributed by atoms with E-state index >= 15 is 0 Å². The van der Waals surface area contributed by atoms with E-state index in [1.54, 1.807) is 18.4 Å². The molecular formula is C21H29N3O2S. The molecule has 27 heavy (non-hydrogen) atoms. The Morgan fingerprint density at radius 2 is 2.11 bits per heavy atom. The maximum absolute atomic E-state index is 13.2. The van der Waals surface area contributed by atoms with Crippen molar-refractivity contribution in [3.05, 3.63) is 52.2 Å². The number of likely N-dealkylation sites (tertiary alicyclic amines) is 1. The van der Waals surface area contributed by atoms with Crippen LogP contribution in [0.1, 0.15) is 23.3 Å². The Hall–Kier alpha value is -1.89. The van der Waals surface area contributed by atoms with Crippen LogP contribution in [-0.4, -0.2) is 49.7 Å². The van der Waals surface area contributed by atoms with Crippen LogP contribution >= 0.6 is 11.3 Å². The topological polar surface area (TPSA) is 53.6 Å². The summed E-state index contributed by atoms with van der Waals surface area (Å²) in [5.74, 6) is 0.0519. The van der Waals surface area contributed by atoms with Crippen molar-refractivity contribution in [1.82, 2.24) is 10.2 Å². The van der Waals surface area contributed by atoms with Crippen molar-refractivity contribution in [3.63, 3.8) is 0 Å². The van der Waals surface area contributed by atoms with Crippen LogP contribution < -0.4 is 10.6 Å². The summed E-state index contributed by atoms with van der Waals surface area (Å²) in [5.41, 5.74) is 1.68. The third kappa shape index (κ3) is 5.09. The molecule has 1 aromatic carbocycles. The fourth-order valence-electron chi connectivity index (χ4n) is 3.63. The Bertz CT molecular complexity index is 734. The van der Waals surface area contributed by atoms with E-state index in [2.05, 4.69) is 33.9 Å². The van der Waals surface area contributed by atoms with Crippen LogP contribution in [0.25, 0.3) is 0 Å². The highest BCUT2D eigenvalue weighted by molar-refractivity contribution is 7.10. The van der Waals surface area contributed by atoms with E-state index in [0.29, 0.717) is 19.7 Å². The second-order valence-electron chi connectivity index (χ2n) is 7.16. The molecule has 0 spiro atoms. The largest absolute Gasteiger partial charge is 0.383 e. The normalized spacial score (nSPS) is 20.4. The SMILES string of the molecule is COCCNC(=O)C1(Nc2ccccc2)CCCN(Cc2sccc2C)C1. The van der Waals surface area contributed by atoms with Gasteiger partial charge >= 0.3 is 0 Å². The van der Waals surface area contributed by atoms with E-state index in [1.807, 2.05) is 30.3 Å². The highest BCUT2D eigenvalue weighted by atomic mass is 32.1. The van der Waals surface area contributed by atoms with Crippen LogP contribution in [0.4, 0.5) is 5.69 Å². The first-order valence-electron chi connectivity index (χ1n) is 9.49. The van der Waals surface area contributed by atoms with Gasteiger partial charge in [0.05, 0.1) is 6.61 Å². The highest BCUT2D eigenvalue weighted by Crippen LogP contribution is 2.29. The van der Waals surface area contributed by atoms with E-state index in [-0.39, 0.29) is 5.91 Å². The molecule has 1 amide bonds. The second-order valence-corrected chi connectivity index (χ2v) is 8.16. The molecule has 1 saturated heterocycles. The number of hydrogen-bond acceptors (Lipinski definition) is 5. The Balaban J connectivity index is 1.77. The number of amides is 1. The molecule has 0 bridgehead atoms. The van der Waals surface area contributed by atoms with Crippen LogP contribution in [-0.2, 0) is 16.1 Å². The maximum atomic E-state index is 13.2. The molecular weight excluding hydrogens is 358 g/mol. The molecule has 0 aliphatic carbocycles. The number of methoxy groups -OCH3 is 1. The minimum Gasteiger partial charge on any atom is -0.383 e. The molecule has 6 heteroatoms. The monoisotopic (exact) mass is 387 g/mol. The van der Waals surface area contributed by atoms with Crippen LogP contribution in [0.2, 0.25) is 0 Å².